The number of carbonyl (C=O) groups excluding carboxylic acids is 3. The Labute approximate surface area is 204 Å². The van der Waals surface area contributed by atoms with Crippen LogP contribution in [0.15, 0.2) is 72.8 Å². The highest BCUT2D eigenvalue weighted by molar-refractivity contribution is 6.06. The molecule has 184 valence electrons. The summed E-state index contributed by atoms with van der Waals surface area (Å²) in [6.07, 6.45) is 2.86. The van der Waals surface area contributed by atoms with Crippen LogP contribution in [0, 0.1) is 15.9 Å². The Morgan fingerprint density at radius 2 is 1.72 bits per heavy atom. The highest BCUT2D eigenvalue weighted by Crippen LogP contribution is 2.25. The number of nitro benzene ring substituents is 1. The van der Waals surface area contributed by atoms with Gasteiger partial charge in [-0.1, -0.05) is 24.3 Å². The molecule has 0 radical (unpaired) electrons. The highest BCUT2D eigenvalue weighted by Gasteiger charge is 2.19. The standard InChI is InChI=1S/C25H20FN3O7/c1-35-18-10-6-16(7-11-18)8-13-23(30)27-20-5-3-2-4-19(20)25(32)36-15-24(31)28-21-12-9-17(26)14-22(21)29(33)34/h2-14H,15H2,1H3,(H,27,30)(H,28,31)/b13-8+. The van der Waals surface area contributed by atoms with Crippen LogP contribution in [-0.2, 0) is 14.3 Å². The van der Waals surface area contributed by atoms with E-state index in [0.29, 0.717) is 11.8 Å². The van der Waals surface area contributed by atoms with E-state index in [1.54, 1.807) is 49.6 Å². The zero-order valence-electron chi connectivity index (χ0n) is 18.9. The summed E-state index contributed by atoms with van der Waals surface area (Å²) < 4.78 is 23.3. The second kappa shape index (κ2) is 11.9. The maximum atomic E-state index is 13.3. The molecule has 0 heterocycles. The summed E-state index contributed by atoms with van der Waals surface area (Å²) in [6, 6.07) is 15.7. The first kappa shape index (κ1) is 25.6. The van der Waals surface area contributed by atoms with Crippen molar-refractivity contribution in [2.24, 2.45) is 0 Å². The SMILES string of the molecule is COc1ccc(/C=C/C(=O)Nc2ccccc2C(=O)OCC(=O)Nc2ccc(F)cc2[N+](=O)[O-])cc1. The molecule has 3 rings (SSSR count). The fourth-order valence-electron chi connectivity index (χ4n) is 2.99. The van der Waals surface area contributed by atoms with Gasteiger partial charge in [-0.3, -0.25) is 19.7 Å². The predicted octanol–water partition coefficient (Wildman–Crippen LogP) is 4.19. The first-order valence-corrected chi connectivity index (χ1v) is 10.4. The minimum atomic E-state index is -0.909. The number of benzene rings is 3. The molecule has 0 saturated carbocycles. The van der Waals surface area contributed by atoms with Crippen molar-refractivity contribution in [2.45, 2.75) is 0 Å². The van der Waals surface area contributed by atoms with E-state index in [4.69, 9.17) is 9.47 Å². The Morgan fingerprint density at radius 3 is 2.42 bits per heavy atom. The van der Waals surface area contributed by atoms with E-state index in [2.05, 4.69) is 10.6 Å². The van der Waals surface area contributed by atoms with E-state index >= 15 is 0 Å². The van der Waals surface area contributed by atoms with Crippen molar-refractivity contribution in [3.8, 4) is 5.75 Å². The number of hydrogen-bond acceptors (Lipinski definition) is 7. The number of nitrogens with zero attached hydrogens (tertiary/aromatic N) is 1. The number of rotatable bonds is 9. The number of amides is 2. The molecule has 0 aliphatic rings. The van der Waals surface area contributed by atoms with Crippen LogP contribution < -0.4 is 15.4 Å². The molecule has 3 aromatic carbocycles. The number of ether oxygens (including phenoxy) is 2. The molecular weight excluding hydrogens is 473 g/mol. The molecule has 11 heteroatoms. The zero-order chi connectivity index (χ0) is 26.1. The second-order valence-corrected chi connectivity index (χ2v) is 7.18. The number of halogens is 1. The maximum Gasteiger partial charge on any atom is 0.340 e. The molecule has 0 atom stereocenters. The van der Waals surface area contributed by atoms with Gasteiger partial charge in [0.15, 0.2) is 6.61 Å². The predicted molar refractivity (Wildman–Crippen MR) is 129 cm³/mol. The summed E-state index contributed by atoms with van der Waals surface area (Å²) >= 11 is 0. The number of esters is 1. The van der Waals surface area contributed by atoms with Gasteiger partial charge in [-0.2, -0.15) is 0 Å². The van der Waals surface area contributed by atoms with Gasteiger partial charge < -0.3 is 20.1 Å². The zero-order valence-corrected chi connectivity index (χ0v) is 18.9. The van der Waals surface area contributed by atoms with E-state index in [-0.39, 0.29) is 16.9 Å². The van der Waals surface area contributed by atoms with Crippen LogP contribution in [0.5, 0.6) is 5.75 Å². The number of hydrogen-bond donors (Lipinski definition) is 2. The molecular formula is C25H20FN3O7. The summed E-state index contributed by atoms with van der Waals surface area (Å²) in [6.45, 7) is -0.771. The summed E-state index contributed by atoms with van der Waals surface area (Å²) in [5.74, 6) is -2.46. The number of anilines is 2. The van der Waals surface area contributed by atoms with Crippen LogP contribution in [0.2, 0.25) is 0 Å². The van der Waals surface area contributed by atoms with Gasteiger partial charge in [-0.25, -0.2) is 9.18 Å². The third-order valence-corrected chi connectivity index (χ3v) is 4.71. The van der Waals surface area contributed by atoms with Gasteiger partial charge in [0.1, 0.15) is 17.3 Å². The minimum absolute atomic E-state index is 0.00994. The molecule has 0 unspecified atom stereocenters. The summed E-state index contributed by atoms with van der Waals surface area (Å²) in [5.41, 5.74) is 0.000888. The average Bonchev–Trinajstić information content (AvgIpc) is 2.87. The van der Waals surface area contributed by atoms with E-state index < -0.39 is 40.8 Å². The quantitative estimate of drug-likeness (QED) is 0.197. The molecule has 36 heavy (non-hydrogen) atoms. The summed E-state index contributed by atoms with van der Waals surface area (Å²) in [5, 5.41) is 15.8. The number of methoxy groups -OCH3 is 1. The summed E-state index contributed by atoms with van der Waals surface area (Å²) in [7, 11) is 1.55. The van der Waals surface area contributed by atoms with Gasteiger partial charge in [-0.15, -0.1) is 0 Å². The van der Waals surface area contributed by atoms with Gasteiger partial charge in [0.2, 0.25) is 5.91 Å². The molecule has 2 N–H and O–H groups in total. The Morgan fingerprint density at radius 1 is 1.00 bits per heavy atom. The van der Waals surface area contributed by atoms with Gasteiger partial charge in [0, 0.05) is 6.08 Å². The average molecular weight is 493 g/mol. The number of nitro groups is 1. The molecule has 3 aromatic rings. The highest BCUT2D eigenvalue weighted by atomic mass is 19.1. The molecule has 0 aliphatic heterocycles. The Kier molecular flexibility index (Phi) is 8.44. The number of para-hydroxylation sites is 1. The lowest BCUT2D eigenvalue weighted by atomic mass is 10.1. The Hall–Kier alpha value is -5.06. The monoisotopic (exact) mass is 493 g/mol. The van der Waals surface area contributed by atoms with E-state index in [1.807, 2.05) is 0 Å². The Bertz CT molecular complexity index is 1320. The van der Waals surface area contributed by atoms with E-state index in [0.717, 1.165) is 17.7 Å². The lowest BCUT2D eigenvalue weighted by Gasteiger charge is -2.10. The van der Waals surface area contributed by atoms with Crippen molar-refractivity contribution in [1.29, 1.82) is 0 Å². The lowest BCUT2D eigenvalue weighted by molar-refractivity contribution is -0.384. The lowest BCUT2D eigenvalue weighted by Crippen LogP contribution is -2.22. The maximum absolute atomic E-state index is 13.3. The second-order valence-electron chi connectivity index (χ2n) is 7.18. The molecule has 2 amide bonds. The number of carbonyl (C=O) groups is 3. The minimum Gasteiger partial charge on any atom is -0.497 e. The topological polar surface area (TPSA) is 137 Å². The van der Waals surface area contributed by atoms with Crippen LogP contribution >= 0.6 is 0 Å². The van der Waals surface area contributed by atoms with Crippen LogP contribution in [0.4, 0.5) is 21.5 Å². The van der Waals surface area contributed by atoms with Gasteiger partial charge in [0.05, 0.1) is 29.4 Å². The molecule has 0 spiro atoms. The van der Waals surface area contributed by atoms with Crippen LogP contribution in [-0.4, -0.2) is 36.4 Å². The van der Waals surface area contributed by atoms with E-state index in [1.165, 1.54) is 18.2 Å². The van der Waals surface area contributed by atoms with Crippen LogP contribution in [0.3, 0.4) is 0 Å². The first-order chi connectivity index (χ1) is 17.3. The van der Waals surface area contributed by atoms with Crippen LogP contribution in [0.25, 0.3) is 6.08 Å². The van der Waals surface area contributed by atoms with Crippen molar-refractivity contribution in [3.63, 3.8) is 0 Å². The van der Waals surface area contributed by atoms with Gasteiger partial charge in [-0.05, 0) is 48.0 Å². The van der Waals surface area contributed by atoms with Gasteiger partial charge in [0.25, 0.3) is 11.6 Å². The van der Waals surface area contributed by atoms with Crippen molar-refractivity contribution < 1.29 is 33.2 Å². The van der Waals surface area contributed by atoms with Gasteiger partial charge >= 0.3 is 5.97 Å². The van der Waals surface area contributed by atoms with E-state index in [9.17, 15) is 28.9 Å². The molecule has 0 saturated heterocycles. The molecule has 0 aromatic heterocycles. The van der Waals surface area contributed by atoms with Crippen LogP contribution in [0.1, 0.15) is 15.9 Å². The third-order valence-electron chi connectivity index (χ3n) is 4.71. The smallest absolute Gasteiger partial charge is 0.340 e. The Balaban J connectivity index is 1.61. The first-order valence-electron chi connectivity index (χ1n) is 10.4. The molecule has 0 bridgehead atoms. The fraction of sp³-hybridized carbons (Fsp3) is 0.0800. The molecule has 0 fully saturated rings. The van der Waals surface area contributed by atoms with Crippen molar-refractivity contribution in [3.05, 3.63) is 99.9 Å². The molecule has 0 aliphatic carbocycles. The van der Waals surface area contributed by atoms with Crippen molar-refractivity contribution in [1.82, 2.24) is 0 Å². The largest absolute Gasteiger partial charge is 0.497 e. The summed E-state index contributed by atoms with van der Waals surface area (Å²) in [4.78, 5) is 47.2. The van der Waals surface area contributed by atoms with Crippen molar-refractivity contribution >= 4 is 40.9 Å². The molecule has 10 nitrogen and oxygen atoms in total. The normalized spacial score (nSPS) is 10.5. The number of nitrogens with one attached hydrogen (secondary N) is 2. The fourth-order valence-corrected chi connectivity index (χ4v) is 2.99. The third kappa shape index (κ3) is 6.97. The van der Waals surface area contributed by atoms with Crippen molar-refractivity contribution in [2.75, 3.05) is 24.4 Å².